The van der Waals surface area contributed by atoms with Gasteiger partial charge in [-0.25, -0.2) is 0 Å². The van der Waals surface area contributed by atoms with Crippen LogP contribution in [-0.4, -0.2) is 24.1 Å². The molecule has 0 bridgehead atoms. The highest BCUT2D eigenvalue weighted by atomic mass is 19.4. The highest BCUT2D eigenvalue weighted by Crippen LogP contribution is 2.32. The molecule has 1 atom stereocenters. The van der Waals surface area contributed by atoms with E-state index < -0.39 is 11.9 Å². The Labute approximate surface area is 113 Å². The molecule has 4 nitrogen and oxygen atoms in total. The number of aliphatic hydroxyl groups is 1. The number of nitrogens with one attached hydrogen (secondary N) is 2. The summed E-state index contributed by atoms with van der Waals surface area (Å²) in [5, 5.41) is 9.34. The van der Waals surface area contributed by atoms with Crippen LogP contribution in [0.25, 0.3) is 6.08 Å². The number of hydrogen-bond acceptors (Lipinski definition) is 4. The van der Waals surface area contributed by atoms with Gasteiger partial charge in [-0.15, -0.1) is 0 Å². The minimum Gasteiger partial charge on any atom is -0.497 e. The van der Waals surface area contributed by atoms with Gasteiger partial charge in [0.25, 0.3) is 5.72 Å². The van der Waals surface area contributed by atoms with Crippen molar-refractivity contribution in [2.75, 3.05) is 7.11 Å². The van der Waals surface area contributed by atoms with E-state index in [0.717, 1.165) is 5.56 Å². The third-order valence-electron chi connectivity index (χ3n) is 2.77. The first kappa shape index (κ1) is 14.4. The molecule has 2 rings (SSSR count). The molecule has 1 heterocycles. The number of alkyl halides is 3. The minimum absolute atomic E-state index is 0.126. The lowest BCUT2D eigenvalue weighted by molar-refractivity contribution is -0.250. The van der Waals surface area contributed by atoms with Gasteiger partial charge in [0, 0.05) is 5.70 Å². The lowest BCUT2D eigenvalue weighted by Gasteiger charge is -2.23. The van der Waals surface area contributed by atoms with Crippen molar-refractivity contribution in [2.24, 2.45) is 0 Å². The summed E-state index contributed by atoms with van der Waals surface area (Å²) < 4.78 is 42.6. The second kappa shape index (κ2) is 5.18. The number of hydrogen-bond donors (Lipinski definition) is 3. The zero-order valence-electron chi connectivity index (χ0n) is 10.5. The molecule has 20 heavy (non-hydrogen) atoms. The van der Waals surface area contributed by atoms with Crippen LogP contribution in [0.5, 0.6) is 5.75 Å². The SMILES string of the molecule is COc1ccc(C=CC2=CC(O)(C(F)(F)F)NN2)cc1. The molecule has 108 valence electrons. The predicted octanol–water partition coefficient (Wildman–Crippen LogP) is 1.95. The van der Waals surface area contributed by atoms with E-state index in [4.69, 9.17) is 4.74 Å². The molecule has 0 fully saturated rings. The molecule has 0 saturated carbocycles. The van der Waals surface area contributed by atoms with Gasteiger partial charge in [0.1, 0.15) is 5.75 Å². The van der Waals surface area contributed by atoms with Crippen molar-refractivity contribution in [2.45, 2.75) is 11.9 Å². The predicted molar refractivity (Wildman–Crippen MR) is 67.4 cm³/mol. The smallest absolute Gasteiger partial charge is 0.436 e. The number of allylic oxidation sites excluding steroid dienone is 1. The fourth-order valence-corrected chi connectivity index (χ4v) is 1.61. The van der Waals surface area contributed by atoms with Crippen LogP contribution >= 0.6 is 0 Å². The van der Waals surface area contributed by atoms with Gasteiger partial charge in [-0.2, -0.15) is 18.6 Å². The van der Waals surface area contributed by atoms with Crippen LogP contribution in [0.15, 0.2) is 42.1 Å². The van der Waals surface area contributed by atoms with Gasteiger partial charge < -0.3 is 15.3 Å². The summed E-state index contributed by atoms with van der Waals surface area (Å²) >= 11 is 0. The van der Waals surface area contributed by atoms with Gasteiger partial charge in [-0.05, 0) is 29.8 Å². The molecule has 0 spiro atoms. The van der Waals surface area contributed by atoms with Crippen molar-refractivity contribution >= 4 is 6.08 Å². The largest absolute Gasteiger partial charge is 0.497 e. The van der Waals surface area contributed by atoms with Gasteiger partial charge in [-0.3, -0.25) is 0 Å². The van der Waals surface area contributed by atoms with Crippen LogP contribution in [0.3, 0.4) is 0 Å². The van der Waals surface area contributed by atoms with E-state index >= 15 is 0 Å². The fraction of sp³-hybridized carbons (Fsp3) is 0.231. The Bertz CT molecular complexity index is 538. The molecule has 1 aliphatic rings. The maximum Gasteiger partial charge on any atom is 0.436 e. The average molecular weight is 286 g/mol. The van der Waals surface area contributed by atoms with E-state index in [2.05, 4.69) is 5.43 Å². The summed E-state index contributed by atoms with van der Waals surface area (Å²) in [5.41, 5.74) is 1.93. The normalized spacial score (nSPS) is 22.8. The Morgan fingerprint density at radius 1 is 1.20 bits per heavy atom. The molecule has 1 unspecified atom stereocenters. The lowest BCUT2D eigenvalue weighted by atomic mass is 10.1. The third-order valence-corrected chi connectivity index (χ3v) is 2.77. The first-order valence-electron chi connectivity index (χ1n) is 5.71. The third kappa shape index (κ3) is 2.94. The Balaban J connectivity index is 2.10. The molecule has 0 radical (unpaired) electrons. The molecule has 1 aliphatic heterocycles. The van der Waals surface area contributed by atoms with Gasteiger partial charge in [0.15, 0.2) is 0 Å². The van der Waals surface area contributed by atoms with Crippen molar-refractivity contribution < 1.29 is 23.0 Å². The topological polar surface area (TPSA) is 53.5 Å². The fourth-order valence-electron chi connectivity index (χ4n) is 1.61. The van der Waals surface area contributed by atoms with E-state index in [1.165, 1.54) is 6.08 Å². The first-order valence-corrected chi connectivity index (χ1v) is 5.71. The molecule has 0 saturated heterocycles. The van der Waals surface area contributed by atoms with Gasteiger partial charge in [0.05, 0.1) is 7.11 Å². The Morgan fingerprint density at radius 2 is 1.85 bits per heavy atom. The lowest BCUT2D eigenvalue weighted by Crippen LogP contribution is -2.55. The molecule has 1 aromatic carbocycles. The van der Waals surface area contributed by atoms with E-state index in [9.17, 15) is 18.3 Å². The quantitative estimate of drug-likeness (QED) is 0.795. The Kier molecular flexibility index (Phi) is 3.74. The molecule has 0 aromatic heterocycles. The van der Waals surface area contributed by atoms with Crippen molar-refractivity contribution in [3.05, 3.63) is 47.7 Å². The number of ether oxygens (including phenoxy) is 1. The van der Waals surface area contributed by atoms with Crippen LogP contribution in [0.4, 0.5) is 13.2 Å². The second-order valence-electron chi connectivity index (χ2n) is 4.22. The van der Waals surface area contributed by atoms with Gasteiger partial charge in [-0.1, -0.05) is 18.2 Å². The van der Waals surface area contributed by atoms with Gasteiger partial charge in [0.2, 0.25) is 0 Å². The number of rotatable bonds is 3. The van der Waals surface area contributed by atoms with Gasteiger partial charge >= 0.3 is 6.18 Å². The monoisotopic (exact) mass is 286 g/mol. The number of benzene rings is 1. The van der Waals surface area contributed by atoms with E-state index in [-0.39, 0.29) is 5.70 Å². The summed E-state index contributed by atoms with van der Waals surface area (Å²) in [4.78, 5) is 0. The molecule has 7 heteroatoms. The zero-order valence-corrected chi connectivity index (χ0v) is 10.5. The highest BCUT2D eigenvalue weighted by Gasteiger charge is 2.54. The minimum atomic E-state index is -4.80. The van der Waals surface area contributed by atoms with Crippen molar-refractivity contribution in [3.8, 4) is 5.75 Å². The zero-order chi connectivity index (χ0) is 14.8. The van der Waals surface area contributed by atoms with Crippen LogP contribution in [0, 0.1) is 0 Å². The molecule has 0 aliphatic carbocycles. The van der Waals surface area contributed by atoms with Crippen molar-refractivity contribution in [1.82, 2.24) is 10.9 Å². The highest BCUT2D eigenvalue weighted by molar-refractivity contribution is 5.54. The summed E-state index contributed by atoms with van der Waals surface area (Å²) in [7, 11) is 1.54. The Morgan fingerprint density at radius 3 is 2.35 bits per heavy atom. The maximum atomic E-state index is 12.5. The Hall–Kier alpha value is -1.99. The molecular weight excluding hydrogens is 273 g/mol. The number of halogens is 3. The maximum absolute atomic E-state index is 12.5. The number of hydrazine groups is 1. The summed E-state index contributed by atoms with van der Waals surface area (Å²) in [6.07, 6.45) is -1.08. The van der Waals surface area contributed by atoms with Crippen LogP contribution in [0.2, 0.25) is 0 Å². The van der Waals surface area contributed by atoms with E-state index in [1.807, 2.05) is 0 Å². The van der Waals surface area contributed by atoms with Crippen LogP contribution in [-0.2, 0) is 0 Å². The van der Waals surface area contributed by atoms with Crippen LogP contribution < -0.4 is 15.6 Å². The van der Waals surface area contributed by atoms with E-state index in [1.54, 1.807) is 42.9 Å². The number of methoxy groups -OCH3 is 1. The summed E-state index contributed by atoms with van der Waals surface area (Å²) in [5.74, 6) is 0.688. The van der Waals surface area contributed by atoms with E-state index in [0.29, 0.717) is 11.8 Å². The van der Waals surface area contributed by atoms with Crippen LogP contribution in [0.1, 0.15) is 5.56 Å². The summed E-state index contributed by atoms with van der Waals surface area (Å²) in [6.45, 7) is 0. The average Bonchev–Trinajstić information content (AvgIpc) is 2.80. The molecule has 3 N–H and O–H groups in total. The first-order chi connectivity index (χ1) is 9.34. The molecule has 0 amide bonds. The van der Waals surface area contributed by atoms with Crippen molar-refractivity contribution in [1.29, 1.82) is 0 Å². The van der Waals surface area contributed by atoms with Crippen molar-refractivity contribution in [3.63, 3.8) is 0 Å². The summed E-state index contributed by atoms with van der Waals surface area (Å²) in [6, 6.07) is 6.99. The molecular formula is C13H13F3N2O2. The standard InChI is InChI=1S/C13H13F3N2O2/c1-20-11-6-3-9(4-7-11)2-5-10-8-12(19,18-17-10)13(14,15)16/h2-8,17-19H,1H3. The second-order valence-corrected chi connectivity index (χ2v) is 4.22. The molecule has 1 aromatic rings.